The molecule has 2 fully saturated rings. The highest BCUT2D eigenvalue weighted by Crippen LogP contribution is 2.29. The summed E-state index contributed by atoms with van der Waals surface area (Å²) in [6.07, 6.45) is 4.37. The number of benzene rings is 1. The lowest BCUT2D eigenvalue weighted by Crippen LogP contribution is -2.41. The smallest absolute Gasteiger partial charge is 0.287 e. The molecule has 0 spiro atoms. The van der Waals surface area contributed by atoms with Crippen LogP contribution >= 0.6 is 11.6 Å². The van der Waals surface area contributed by atoms with Gasteiger partial charge in [0.25, 0.3) is 5.56 Å². The van der Waals surface area contributed by atoms with Crippen LogP contribution in [0.4, 0.5) is 10.1 Å². The molecule has 1 aromatic heterocycles. The van der Waals surface area contributed by atoms with Gasteiger partial charge in [-0.05, 0) is 49.8 Å². The molecule has 0 amide bonds. The summed E-state index contributed by atoms with van der Waals surface area (Å²) in [6, 6.07) is 3.28. The van der Waals surface area contributed by atoms with E-state index in [1.807, 2.05) is 0 Å². The minimum absolute atomic E-state index is 0.0232. The molecule has 0 saturated carbocycles. The normalized spacial score (nSPS) is 20.3. The Hall–Kier alpha value is -2.21. The second-order valence-electron chi connectivity index (χ2n) is 8.52. The fraction of sp³-hybridized carbons (Fsp3) is 0.545. The van der Waals surface area contributed by atoms with E-state index in [4.69, 9.17) is 21.1 Å². The maximum absolute atomic E-state index is 14.0. The highest BCUT2D eigenvalue weighted by molar-refractivity contribution is 7.89. The van der Waals surface area contributed by atoms with Gasteiger partial charge in [-0.2, -0.15) is 9.40 Å². The number of hydrogen-bond acceptors (Lipinski definition) is 7. The van der Waals surface area contributed by atoms with Crippen molar-refractivity contribution < 1.29 is 22.3 Å². The van der Waals surface area contributed by atoms with Crippen LogP contribution in [0.15, 0.2) is 34.1 Å². The van der Waals surface area contributed by atoms with Gasteiger partial charge < -0.3 is 14.8 Å². The standard InChI is InChI=1S/C22H28ClFN4O5S/c1-32-20-5-4-17(11-18(20)24)34(30,31)27-8-6-16(7-9-27)28-22(29)21(23)19(13-26-28)25-12-15-3-2-10-33-14-15/h4-5,11,13,15-16,25H,2-3,6-10,12,14H2,1H3/t15-/m1/s1. The van der Waals surface area contributed by atoms with E-state index in [2.05, 4.69) is 10.4 Å². The molecule has 4 rings (SSSR count). The van der Waals surface area contributed by atoms with Crippen LogP contribution in [0.5, 0.6) is 5.75 Å². The van der Waals surface area contributed by atoms with Crippen molar-refractivity contribution in [2.45, 2.75) is 36.6 Å². The molecule has 2 saturated heterocycles. The highest BCUT2D eigenvalue weighted by atomic mass is 35.5. The Morgan fingerprint density at radius 3 is 2.71 bits per heavy atom. The lowest BCUT2D eigenvalue weighted by atomic mass is 10.0. The van der Waals surface area contributed by atoms with Gasteiger partial charge in [-0.1, -0.05) is 11.6 Å². The summed E-state index contributed by atoms with van der Waals surface area (Å²) in [5, 5.41) is 7.56. The van der Waals surface area contributed by atoms with Crippen molar-refractivity contribution in [3.8, 4) is 5.75 Å². The van der Waals surface area contributed by atoms with Gasteiger partial charge in [0.05, 0.1) is 36.5 Å². The second-order valence-corrected chi connectivity index (χ2v) is 10.8. The molecule has 186 valence electrons. The van der Waals surface area contributed by atoms with Crippen LogP contribution in [0.3, 0.4) is 0 Å². The zero-order valence-electron chi connectivity index (χ0n) is 18.9. The molecule has 1 N–H and O–H groups in total. The highest BCUT2D eigenvalue weighted by Gasteiger charge is 2.31. The van der Waals surface area contributed by atoms with Gasteiger partial charge >= 0.3 is 0 Å². The number of anilines is 1. The minimum atomic E-state index is -3.87. The van der Waals surface area contributed by atoms with E-state index >= 15 is 0 Å². The van der Waals surface area contributed by atoms with E-state index in [0.29, 0.717) is 37.6 Å². The summed E-state index contributed by atoms with van der Waals surface area (Å²) in [5.74, 6) is -0.406. The van der Waals surface area contributed by atoms with Crippen LogP contribution in [0, 0.1) is 11.7 Å². The Bertz CT molecular complexity index is 1180. The zero-order chi connectivity index (χ0) is 24.3. The molecule has 0 bridgehead atoms. The molecule has 34 heavy (non-hydrogen) atoms. The first-order valence-corrected chi connectivity index (χ1v) is 13.1. The summed E-state index contributed by atoms with van der Waals surface area (Å²) in [7, 11) is -2.56. The van der Waals surface area contributed by atoms with E-state index in [1.165, 1.54) is 34.4 Å². The molecular weight excluding hydrogens is 487 g/mol. The largest absolute Gasteiger partial charge is 0.494 e. The predicted octanol–water partition coefficient (Wildman–Crippen LogP) is 2.91. The Labute approximate surface area is 202 Å². The Balaban J connectivity index is 1.41. The van der Waals surface area contributed by atoms with Crippen LogP contribution in [0.1, 0.15) is 31.7 Å². The quantitative estimate of drug-likeness (QED) is 0.606. The van der Waals surface area contributed by atoms with Crippen LogP contribution in [-0.2, 0) is 14.8 Å². The number of rotatable bonds is 7. The van der Waals surface area contributed by atoms with Crippen LogP contribution in [0.2, 0.25) is 5.02 Å². The van der Waals surface area contributed by atoms with Gasteiger partial charge in [0.2, 0.25) is 10.0 Å². The molecule has 1 aromatic carbocycles. The summed E-state index contributed by atoms with van der Waals surface area (Å²) in [5.41, 5.74) is 0.0696. The number of hydrogen-bond donors (Lipinski definition) is 1. The molecule has 3 heterocycles. The lowest BCUT2D eigenvalue weighted by Gasteiger charge is -2.31. The lowest BCUT2D eigenvalue weighted by molar-refractivity contribution is 0.0595. The molecule has 0 unspecified atom stereocenters. The van der Waals surface area contributed by atoms with E-state index in [0.717, 1.165) is 25.5 Å². The fourth-order valence-electron chi connectivity index (χ4n) is 4.33. The zero-order valence-corrected chi connectivity index (χ0v) is 20.4. The van der Waals surface area contributed by atoms with Crippen LogP contribution in [-0.4, -0.2) is 62.5 Å². The first-order chi connectivity index (χ1) is 16.3. The number of ether oxygens (including phenoxy) is 2. The first-order valence-electron chi connectivity index (χ1n) is 11.2. The molecule has 0 aliphatic carbocycles. The number of aromatic nitrogens is 2. The third-order valence-corrected chi connectivity index (χ3v) is 8.57. The number of halogens is 2. The first kappa shape index (κ1) is 24.9. The average Bonchev–Trinajstić information content (AvgIpc) is 2.85. The Morgan fingerprint density at radius 2 is 2.06 bits per heavy atom. The molecule has 0 radical (unpaired) electrons. The third-order valence-electron chi connectivity index (χ3n) is 6.31. The summed E-state index contributed by atoms with van der Waals surface area (Å²) >= 11 is 6.34. The maximum atomic E-state index is 14.0. The van der Waals surface area contributed by atoms with Crippen molar-refractivity contribution in [3.05, 3.63) is 45.6 Å². The van der Waals surface area contributed by atoms with Gasteiger partial charge in [-0.3, -0.25) is 4.79 Å². The number of sulfonamides is 1. The minimum Gasteiger partial charge on any atom is -0.494 e. The summed E-state index contributed by atoms with van der Waals surface area (Å²) in [6.45, 7) is 2.46. The predicted molar refractivity (Wildman–Crippen MR) is 126 cm³/mol. The molecule has 2 aliphatic rings. The Kier molecular flexibility index (Phi) is 7.76. The molecule has 2 aromatic rings. The summed E-state index contributed by atoms with van der Waals surface area (Å²) in [4.78, 5) is 12.7. The van der Waals surface area contributed by atoms with Gasteiger partial charge in [0, 0.05) is 26.2 Å². The molecule has 2 aliphatic heterocycles. The number of methoxy groups -OCH3 is 1. The van der Waals surface area contributed by atoms with Gasteiger partial charge in [0.1, 0.15) is 5.02 Å². The molecule has 1 atom stereocenters. The van der Waals surface area contributed by atoms with Gasteiger partial charge in [0.15, 0.2) is 11.6 Å². The van der Waals surface area contributed by atoms with Gasteiger partial charge in [-0.25, -0.2) is 17.5 Å². The van der Waals surface area contributed by atoms with Gasteiger partial charge in [-0.15, -0.1) is 0 Å². The van der Waals surface area contributed by atoms with Crippen molar-refractivity contribution in [3.63, 3.8) is 0 Å². The second kappa shape index (κ2) is 10.6. The van der Waals surface area contributed by atoms with Crippen molar-refractivity contribution >= 4 is 27.3 Å². The SMILES string of the molecule is COc1ccc(S(=O)(=O)N2CCC(n3ncc(NC[C@H]4CCCOC4)c(Cl)c3=O)CC2)cc1F. The maximum Gasteiger partial charge on any atom is 0.287 e. The average molecular weight is 515 g/mol. The third kappa shape index (κ3) is 5.22. The molecule has 12 heteroatoms. The van der Waals surface area contributed by atoms with Crippen LogP contribution in [0.25, 0.3) is 0 Å². The van der Waals surface area contributed by atoms with E-state index in [-0.39, 0.29) is 34.8 Å². The van der Waals surface area contributed by atoms with Crippen molar-refractivity contribution in [2.75, 3.05) is 45.3 Å². The number of nitrogens with zero attached hydrogens (tertiary/aromatic N) is 3. The van der Waals surface area contributed by atoms with Crippen molar-refractivity contribution in [1.82, 2.24) is 14.1 Å². The van der Waals surface area contributed by atoms with Crippen LogP contribution < -0.4 is 15.6 Å². The number of piperidine rings is 1. The van der Waals surface area contributed by atoms with E-state index in [1.54, 1.807) is 0 Å². The summed E-state index contributed by atoms with van der Waals surface area (Å²) < 4.78 is 52.9. The van der Waals surface area contributed by atoms with Crippen molar-refractivity contribution in [2.24, 2.45) is 5.92 Å². The molecular formula is C22H28ClFN4O5S. The van der Waals surface area contributed by atoms with E-state index < -0.39 is 21.4 Å². The monoisotopic (exact) mass is 514 g/mol. The fourth-order valence-corrected chi connectivity index (χ4v) is 6.02. The topological polar surface area (TPSA) is 103 Å². The van der Waals surface area contributed by atoms with Crippen molar-refractivity contribution in [1.29, 1.82) is 0 Å². The number of nitrogens with one attached hydrogen (secondary N) is 1. The van der Waals surface area contributed by atoms with E-state index in [9.17, 15) is 17.6 Å². The molecule has 9 nitrogen and oxygen atoms in total. The Morgan fingerprint density at radius 1 is 1.29 bits per heavy atom.